The Balaban J connectivity index is 1.58. The Labute approximate surface area is 199 Å². The van der Waals surface area contributed by atoms with Crippen LogP contribution in [0.1, 0.15) is 24.5 Å². The Morgan fingerprint density at radius 3 is 2.03 bits per heavy atom. The Kier molecular flexibility index (Phi) is 6.66. The fourth-order valence-corrected chi connectivity index (χ4v) is 4.37. The molecule has 0 unspecified atom stereocenters. The summed E-state index contributed by atoms with van der Waals surface area (Å²) in [5, 5.41) is 7.62. The number of piperazine rings is 1. The van der Waals surface area contributed by atoms with Crippen molar-refractivity contribution in [3.05, 3.63) is 65.4 Å². The van der Waals surface area contributed by atoms with E-state index in [0.29, 0.717) is 56.1 Å². The van der Waals surface area contributed by atoms with Crippen molar-refractivity contribution in [3.8, 4) is 11.1 Å². The van der Waals surface area contributed by atoms with Crippen LogP contribution < -0.4 is 4.90 Å². The van der Waals surface area contributed by atoms with E-state index in [4.69, 9.17) is 5.41 Å². The number of allylic oxidation sites excluding steroid dienone is 1. The number of rotatable bonds is 5. The van der Waals surface area contributed by atoms with Gasteiger partial charge in [0, 0.05) is 61.0 Å². The van der Waals surface area contributed by atoms with Gasteiger partial charge in [0.25, 0.3) is 0 Å². The van der Waals surface area contributed by atoms with Crippen molar-refractivity contribution in [2.24, 2.45) is 4.99 Å². The molecule has 4 rings (SSSR count). The number of hydrogen-bond donors (Lipinski definition) is 1. The smallest absolute Gasteiger partial charge is 0.370 e. The van der Waals surface area contributed by atoms with Gasteiger partial charge in [-0.05, 0) is 42.8 Å². The number of para-hydroxylation sites is 1. The predicted octanol–water partition coefficient (Wildman–Crippen LogP) is 6.28. The van der Waals surface area contributed by atoms with Gasteiger partial charge in [-0.15, -0.1) is 0 Å². The summed E-state index contributed by atoms with van der Waals surface area (Å²) in [6.07, 6.45) is -7.30. The molecule has 4 nitrogen and oxygen atoms in total. The highest BCUT2D eigenvalue weighted by atomic mass is 19.4. The molecule has 0 atom stereocenters. The highest BCUT2D eigenvalue weighted by molar-refractivity contribution is 6.09. The molecule has 0 aliphatic carbocycles. The summed E-state index contributed by atoms with van der Waals surface area (Å²) in [5.41, 5.74) is 0.597. The van der Waals surface area contributed by atoms with Crippen LogP contribution in [0.2, 0.25) is 0 Å². The van der Waals surface area contributed by atoms with Gasteiger partial charge in [-0.1, -0.05) is 18.2 Å². The van der Waals surface area contributed by atoms with Gasteiger partial charge in [0.05, 0.1) is 17.7 Å². The van der Waals surface area contributed by atoms with E-state index in [0.717, 1.165) is 23.5 Å². The number of hydrogen-bond acceptors (Lipinski definition) is 4. The van der Waals surface area contributed by atoms with E-state index in [1.807, 2.05) is 11.0 Å². The first-order valence-corrected chi connectivity index (χ1v) is 11.1. The van der Waals surface area contributed by atoms with Gasteiger partial charge in [-0.3, -0.25) is 4.99 Å². The maximum absolute atomic E-state index is 13.4. The summed E-state index contributed by atoms with van der Waals surface area (Å²) in [6, 6.07) is 8.31. The number of nitrogens with zero attached hydrogens (tertiary/aromatic N) is 3. The second-order valence-corrected chi connectivity index (χ2v) is 8.69. The second kappa shape index (κ2) is 9.39. The molecule has 2 aromatic carbocycles. The van der Waals surface area contributed by atoms with Crippen LogP contribution in [-0.4, -0.2) is 49.0 Å². The topological polar surface area (TPSA) is 42.7 Å². The summed E-state index contributed by atoms with van der Waals surface area (Å²) in [7, 11) is 0. The van der Waals surface area contributed by atoms with E-state index >= 15 is 0 Å². The zero-order chi connectivity index (χ0) is 25.4. The van der Waals surface area contributed by atoms with Crippen LogP contribution in [0.25, 0.3) is 11.1 Å². The Morgan fingerprint density at radius 1 is 0.886 bits per heavy atom. The van der Waals surface area contributed by atoms with Gasteiger partial charge < -0.3 is 15.2 Å². The van der Waals surface area contributed by atoms with Crippen molar-refractivity contribution < 1.29 is 26.3 Å². The number of benzene rings is 2. The van der Waals surface area contributed by atoms with E-state index in [9.17, 15) is 26.3 Å². The number of alkyl halides is 6. The molecular weight excluding hydrogens is 470 g/mol. The highest BCUT2D eigenvalue weighted by Crippen LogP contribution is 2.41. The predicted molar refractivity (Wildman–Crippen MR) is 124 cm³/mol. The standard InChI is InChI=1S/C25H24F6N4/c1-16(32)10-20-14-21(15-33-20)34-6-8-35(9-7-34)23-5-3-2-4-22(23)17-11-18(24(26,27)28)13-19(12-17)25(29,30)31/h2-5,11-14,32H,6-10,15H2,1H3. The van der Waals surface area contributed by atoms with Crippen molar-refractivity contribution in [2.75, 3.05) is 37.6 Å². The third-order valence-corrected chi connectivity index (χ3v) is 6.05. The Morgan fingerprint density at radius 2 is 1.46 bits per heavy atom. The molecule has 0 radical (unpaired) electrons. The molecule has 35 heavy (non-hydrogen) atoms. The molecule has 2 aliphatic rings. The number of anilines is 1. The summed E-state index contributed by atoms with van der Waals surface area (Å²) < 4.78 is 80.3. The van der Waals surface area contributed by atoms with Crippen LogP contribution in [0.4, 0.5) is 32.0 Å². The van der Waals surface area contributed by atoms with Gasteiger partial charge in [0.2, 0.25) is 0 Å². The fourth-order valence-electron chi connectivity index (χ4n) is 4.37. The van der Waals surface area contributed by atoms with Gasteiger partial charge in [0.1, 0.15) is 0 Å². The van der Waals surface area contributed by atoms with Gasteiger partial charge >= 0.3 is 12.4 Å². The maximum atomic E-state index is 13.4. The molecule has 0 aromatic heterocycles. The zero-order valence-electron chi connectivity index (χ0n) is 19.0. The van der Waals surface area contributed by atoms with Gasteiger partial charge in [-0.2, -0.15) is 26.3 Å². The second-order valence-electron chi connectivity index (χ2n) is 8.69. The lowest BCUT2D eigenvalue weighted by Gasteiger charge is -2.38. The van der Waals surface area contributed by atoms with E-state index in [2.05, 4.69) is 9.89 Å². The van der Waals surface area contributed by atoms with Crippen LogP contribution in [0, 0.1) is 5.41 Å². The molecule has 1 saturated heterocycles. The van der Waals surface area contributed by atoms with Gasteiger partial charge in [-0.25, -0.2) is 0 Å². The number of nitrogens with one attached hydrogen (secondary N) is 1. The summed E-state index contributed by atoms with van der Waals surface area (Å²) in [6.45, 7) is 4.67. The van der Waals surface area contributed by atoms with Crippen molar-refractivity contribution >= 4 is 17.1 Å². The molecule has 1 fully saturated rings. The van der Waals surface area contributed by atoms with Gasteiger partial charge in [0.15, 0.2) is 0 Å². The third kappa shape index (κ3) is 5.68. The quantitative estimate of drug-likeness (QED) is 0.393. The minimum Gasteiger partial charge on any atom is -0.370 e. The lowest BCUT2D eigenvalue weighted by molar-refractivity contribution is -0.143. The van der Waals surface area contributed by atoms with Crippen molar-refractivity contribution in [1.29, 1.82) is 5.41 Å². The normalized spacial score (nSPS) is 16.9. The molecule has 0 saturated carbocycles. The van der Waals surface area contributed by atoms with Crippen LogP contribution >= 0.6 is 0 Å². The molecule has 2 heterocycles. The average molecular weight is 494 g/mol. The minimum atomic E-state index is -4.90. The molecule has 0 spiro atoms. The molecule has 0 amide bonds. The minimum absolute atomic E-state index is 0.122. The average Bonchev–Trinajstić information content (AvgIpc) is 3.25. The third-order valence-electron chi connectivity index (χ3n) is 6.05. The Bertz CT molecular complexity index is 1140. The van der Waals surface area contributed by atoms with Crippen LogP contribution in [0.15, 0.2) is 59.2 Å². The number of halogens is 6. The fraction of sp³-hybridized carbons (Fsp3) is 0.360. The molecule has 2 aliphatic heterocycles. The van der Waals surface area contributed by atoms with E-state index in [1.54, 1.807) is 31.2 Å². The lowest BCUT2D eigenvalue weighted by Crippen LogP contribution is -2.46. The summed E-state index contributed by atoms with van der Waals surface area (Å²) >= 11 is 0. The van der Waals surface area contributed by atoms with E-state index in [1.165, 1.54) is 0 Å². The molecule has 10 heteroatoms. The van der Waals surface area contributed by atoms with E-state index < -0.39 is 23.5 Å². The molecule has 1 N–H and O–H groups in total. The first-order valence-electron chi connectivity index (χ1n) is 11.1. The first-order chi connectivity index (χ1) is 16.4. The zero-order valence-corrected chi connectivity index (χ0v) is 19.0. The maximum Gasteiger partial charge on any atom is 0.416 e. The van der Waals surface area contributed by atoms with Crippen LogP contribution in [0.3, 0.4) is 0 Å². The van der Waals surface area contributed by atoms with Crippen molar-refractivity contribution in [2.45, 2.75) is 25.7 Å². The molecule has 0 bridgehead atoms. The largest absolute Gasteiger partial charge is 0.416 e. The summed E-state index contributed by atoms with van der Waals surface area (Å²) in [4.78, 5) is 8.63. The lowest BCUT2D eigenvalue weighted by atomic mass is 9.97. The van der Waals surface area contributed by atoms with Crippen molar-refractivity contribution in [1.82, 2.24) is 4.90 Å². The number of aliphatic imine (C=N–C) groups is 1. The Hall–Kier alpha value is -3.30. The van der Waals surface area contributed by atoms with Crippen LogP contribution in [-0.2, 0) is 12.4 Å². The summed E-state index contributed by atoms with van der Waals surface area (Å²) in [5.74, 6) is 0. The highest BCUT2D eigenvalue weighted by Gasteiger charge is 2.37. The molecule has 186 valence electrons. The SMILES string of the molecule is CC(=N)CC1=NCC(N2CCN(c3ccccc3-c3cc(C(F)(F)F)cc(C(F)(F)F)c3)CC2)=C1. The van der Waals surface area contributed by atoms with E-state index in [-0.39, 0.29) is 11.6 Å². The van der Waals surface area contributed by atoms with Crippen LogP contribution in [0.5, 0.6) is 0 Å². The molecule has 2 aromatic rings. The molecular formula is C25H24F6N4. The van der Waals surface area contributed by atoms with Crippen molar-refractivity contribution in [3.63, 3.8) is 0 Å². The first kappa shape index (κ1) is 24.8. The monoisotopic (exact) mass is 494 g/mol.